The van der Waals surface area contributed by atoms with Gasteiger partial charge in [0.05, 0.1) is 6.10 Å². The Hall–Kier alpha value is -0.0400. The van der Waals surface area contributed by atoms with E-state index in [0.717, 1.165) is 5.92 Å². The summed E-state index contributed by atoms with van der Waals surface area (Å²) in [7, 11) is 0. The topological polar surface area (TPSA) is 20.2 Å². The highest BCUT2D eigenvalue weighted by Gasteiger charge is 2.43. The van der Waals surface area contributed by atoms with Crippen LogP contribution >= 0.6 is 0 Å². The summed E-state index contributed by atoms with van der Waals surface area (Å²) in [6.07, 6.45) is 4.02. The number of aliphatic hydroxyl groups excluding tert-OH is 1. The van der Waals surface area contributed by atoms with Crippen molar-refractivity contribution in [1.29, 1.82) is 0 Å². The van der Waals surface area contributed by atoms with Crippen molar-refractivity contribution in [1.82, 2.24) is 0 Å². The third-order valence-electron chi connectivity index (χ3n) is 3.28. The Labute approximate surface area is 56.1 Å². The van der Waals surface area contributed by atoms with E-state index in [1.165, 1.54) is 19.3 Å². The maximum absolute atomic E-state index is 9.49. The lowest BCUT2D eigenvalue weighted by Crippen LogP contribution is -2.24. The highest BCUT2D eigenvalue weighted by molar-refractivity contribution is 4.94. The Balaban J connectivity index is 2.15. The van der Waals surface area contributed by atoms with E-state index in [2.05, 4.69) is 6.92 Å². The molecule has 2 saturated carbocycles. The molecular formula is C8H14O. The summed E-state index contributed by atoms with van der Waals surface area (Å²) in [6, 6.07) is 0. The van der Waals surface area contributed by atoms with E-state index in [0.29, 0.717) is 11.8 Å². The molecule has 1 heteroatoms. The number of hydrogen-bond donors (Lipinski definition) is 1. The molecule has 0 aromatic rings. The lowest BCUT2D eigenvalue weighted by molar-refractivity contribution is 0.0677. The van der Waals surface area contributed by atoms with E-state index in [9.17, 15) is 5.11 Å². The molecule has 0 heterocycles. The molecular weight excluding hydrogens is 112 g/mol. The van der Waals surface area contributed by atoms with Gasteiger partial charge in [-0.25, -0.2) is 0 Å². The maximum atomic E-state index is 9.49. The second-order valence-electron chi connectivity index (χ2n) is 3.68. The summed E-state index contributed by atoms with van der Waals surface area (Å²) in [5, 5.41) is 9.49. The van der Waals surface area contributed by atoms with Gasteiger partial charge in [-0.3, -0.25) is 0 Å². The largest absolute Gasteiger partial charge is 0.393 e. The van der Waals surface area contributed by atoms with Crippen molar-refractivity contribution in [2.24, 2.45) is 17.8 Å². The van der Waals surface area contributed by atoms with Gasteiger partial charge in [0.15, 0.2) is 0 Å². The van der Waals surface area contributed by atoms with Crippen molar-refractivity contribution in [3.63, 3.8) is 0 Å². The van der Waals surface area contributed by atoms with E-state index in [1.54, 1.807) is 0 Å². The SMILES string of the molecule is C[C@@H]1[C@@H]2CC[C@@H](C2)[C@@H]1O. The molecule has 0 amide bonds. The lowest BCUT2D eigenvalue weighted by Gasteiger charge is -2.22. The van der Waals surface area contributed by atoms with Gasteiger partial charge < -0.3 is 5.11 Å². The molecule has 0 spiro atoms. The maximum Gasteiger partial charge on any atom is 0.0596 e. The predicted molar refractivity (Wildman–Crippen MR) is 36.0 cm³/mol. The molecule has 0 aromatic heterocycles. The Bertz CT molecular complexity index is 104. The molecule has 52 valence electrons. The second-order valence-corrected chi connectivity index (χ2v) is 3.68. The van der Waals surface area contributed by atoms with E-state index in [1.807, 2.05) is 0 Å². The van der Waals surface area contributed by atoms with Crippen LogP contribution in [0.25, 0.3) is 0 Å². The summed E-state index contributed by atoms with van der Waals surface area (Å²) >= 11 is 0. The second kappa shape index (κ2) is 1.72. The van der Waals surface area contributed by atoms with Crippen LogP contribution in [0, 0.1) is 17.8 Å². The van der Waals surface area contributed by atoms with E-state index in [4.69, 9.17) is 0 Å². The fraction of sp³-hybridized carbons (Fsp3) is 1.00. The van der Waals surface area contributed by atoms with E-state index in [-0.39, 0.29) is 6.10 Å². The molecule has 0 aliphatic heterocycles. The summed E-state index contributed by atoms with van der Waals surface area (Å²) in [5.74, 6) is 2.14. The molecule has 0 unspecified atom stereocenters. The molecule has 0 saturated heterocycles. The Kier molecular flexibility index (Phi) is 1.10. The zero-order valence-corrected chi connectivity index (χ0v) is 5.88. The van der Waals surface area contributed by atoms with E-state index < -0.39 is 0 Å². The molecule has 1 nitrogen and oxygen atoms in total. The Morgan fingerprint density at radius 1 is 1.22 bits per heavy atom. The molecule has 2 fully saturated rings. The summed E-state index contributed by atoms with van der Waals surface area (Å²) in [6.45, 7) is 2.19. The molecule has 2 bridgehead atoms. The van der Waals surface area contributed by atoms with Crippen LogP contribution in [0.1, 0.15) is 26.2 Å². The lowest BCUT2D eigenvalue weighted by atomic mass is 9.88. The summed E-state index contributed by atoms with van der Waals surface area (Å²) in [4.78, 5) is 0. The van der Waals surface area contributed by atoms with Crippen LogP contribution in [0.2, 0.25) is 0 Å². The smallest absolute Gasteiger partial charge is 0.0596 e. The predicted octanol–water partition coefficient (Wildman–Crippen LogP) is 1.41. The quantitative estimate of drug-likeness (QED) is 0.520. The van der Waals surface area contributed by atoms with Crippen molar-refractivity contribution in [3.05, 3.63) is 0 Å². The summed E-state index contributed by atoms with van der Waals surface area (Å²) < 4.78 is 0. The van der Waals surface area contributed by atoms with Crippen molar-refractivity contribution in [3.8, 4) is 0 Å². The van der Waals surface area contributed by atoms with Crippen LogP contribution in [-0.4, -0.2) is 11.2 Å². The number of fused-ring (bicyclic) bond motifs is 2. The van der Waals surface area contributed by atoms with Gasteiger partial charge in [-0.05, 0) is 37.0 Å². The average molecular weight is 126 g/mol. The monoisotopic (exact) mass is 126 g/mol. The number of rotatable bonds is 0. The van der Waals surface area contributed by atoms with Crippen LogP contribution < -0.4 is 0 Å². The van der Waals surface area contributed by atoms with Crippen LogP contribution in [0.15, 0.2) is 0 Å². The van der Waals surface area contributed by atoms with Gasteiger partial charge >= 0.3 is 0 Å². The van der Waals surface area contributed by atoms with Crippen LogP contribution in [0.3, 0.4) is 0 Å². The average Bonchev–Trinajstić information content (AvgIpc) is 2.37. The Morgan fingerprint density at radius 2 is 1.89 bits per heavy atom. The first-order chi connectivity index (χ1) is 4.29. The normalized spacial score (nSPS) is 56.7. The molecule has 2 aliphatic carbocycles. The minimum absolute atomic E-state index is 0.0451. The highest BCUT2D eigenvalue weighted by atomic mass is 16.3. The zero-order valence-electron chi connectivity index (χ0n) is 5.88. The molecule has 9 heavy (non-hydrogen) atoms. The van der Waals surface area contributed by atoms with Gasteiger partial charge in [0.2, 0.25) is 0 Å². The summed E-state index contributed by atoms with van der Waals surface area (Å²) in [5.41, 5.74) is 0. The fourth-order valence-electron chi connectivity index (χ4n) is 2.55. The van der Waals surface area contributed by atoms with Crippen LogP contribution in [0.5, 0.6) is 0 Å². The Morgan fingerprint density at radius 3 is 2.22 bits per heavy atom. The molecule has 1 N–H and O–H groups in total. The molecule has 2 aliphatic rings. The number of aliphatic hydroxyl groups is 1. The third kappa shape index (κ3) is 0.644. The van der Waals surface area contributed by atoms with Crippen LogP contribution in [-0.2, 0) is 0 Å². The standard InChI is InChI=1S/C8H14O/c1-5-6-2-3-7(4-6)8(5)9/h5-9H,2-4H2,1H3/t5-,6-,7+,8-/m1/s1. The van der Waals surface area contributed by atoms with E-state index >= 15 is 0 Å². The number of hydrogen-bond acceptors (Lipinski definition) is 1. The first kappa shape index (κ1) is 5.72. The fourth-order valence-corrected chi connectivity index (χ4v) is 2.55. The van der Waals surface area contributed by atoms with Gasteiger partial charge in [0.1, 0.15) is 0 Å². The highest BCUT2D eigenvalue weighted by Crippen LogP contribution is 2.47. The van der Waals surface area contributed by atoms with Gasteiger partial charge in [0, 0.05) is 0 Å². The molecule has 0 radical (unpaired) electrons. The van der Waals surface area contributed by atoms with Gasteiger partial charge in [-0.1, -0.05) is 6.92 Å². The first-order valence-corrected chi connectivity index (χ1v) is 3.97. The van der Waals surface area contributed by atoms with Crippen LogP contribution in [0.4, 0.5) is 0 Å². The first-order valence-electron chi connectivity index (χ1n) is 3.97. The molecule has 4 atom stereocenters. The minimum atomic E-state index is 0.0451. The van der Waals surface area contributed by atoms with Crippen molar-refractivity contribution in [2.45, 2.75) is 32.3 Å². The van der Waals surface area contributed by atoms with Crippen molar-refractivity contribution in [2.75, 3.05) is 0 Å². The van der Waals surface area contributed by atoms with Crippen molar-refractivity contribution < 1.29 is 5.11 Å². The zero-order chi connectivity index (χ0) is 6.43. The minimum Gasteiger partial charge on any atom is -0.393 e. The van der Waals surface area contributed by atoms with Gasteiger partial charge in [0.25, 0.3) is 0 Å². The van der Waals surface area contributed by atoms with Crippen molar-refractivity contribution >= 4 is 0 Å². The molecule has 2 rings (SSSR count). The van der Waals surface area contributed by atoms with Gasteiger partial charge in [-0.15, -0.1) is 0 Å². The molecule has 0 aromatic carbocycles. The third-order valence-corrected chi connectivity index (χ3v) is 3.28. The van der Waals surface area contributed by atoms with Gasteiger partial charge in [-0.2, -0.15) is 0 Å².